The summed E-state index contributed by atoms with van der Waals surface area (Å²) >= 11 is 0. The monoisotopic (exact) mass is 347 g/mol. The molecule has 0 saturated carbocycles. The van der Waals surface area contributed by atoms with Crippen molar-refractivity contribution in [1.82, 2.24) is 4.72 Å². The minimum Gasteiger partial charge on any atom is -0.457 e. The zero-order chi connectivity index (χ0) is 18.0. The molecule has 0 bridgehead atoms. The van der Waals surface area contributed by atoms with Gasteiger partial charge >= 0.3 is 0 Å². The minimum absolute atomic E-state index is 0.0105. The second kappa shape index (κ2) is 6.65. The molecule has 0 aliphatic carbocycles. The predicted molar refractivity (Wildman–Crippen MR) is 92.5 cm³/mol. The lowest BCUT2D eigenvalue weighted by Crippen LogP contribution is -2.38. The molecule has 0 aromatic heterocycles. The summed E-state index contributed by atoms with van der Waals surface area (Å²) in [5.41, 5.74) is 0.333. The Morgan fingerprint density at radius 3 is 1.83 bits per heavy atom. The van der Waals surface area contributed by atoms with Crippen LogP contribution in [0, 0.1) is 12.3 Å². The Bertz CT molecular complexity index is 817. The quantitative estimate of drug-likeness (QED) is 0.916. The van der Waals surface area contributed by atoms with Crippen LogP contribution in [0.4, 0.5) is 0 Å². The summed E-state index contributed by atoms with van der Waals surface area (Å²) in [6.45, 7) is 6.93. The maximum absolute atomic E-state index is 12.2. The van der Waals surface area contributed by atoms with E-state index in [2.05, 4.69) is 4.72 Å². The molecule has 6 heteroatoms. The van der Waals surface area contributed by atoms with Crippen LogP contribution >= 0.6 is 0 Å². The maximum Gasteiger partial charge on any atom is 0.264 e. The summed E-state index contributed by atoms with van der Waals surface area (Å²) in [4.78, 5) is 11.9. The van der Waals surface area contributed by atoms with E-state index in [9.17, 15) is 13.2 Å². The van der Waals surface area contributed by atoms with E-state index < -0.39 is 21.3 Å². The van der Waals surface area contributed by atoms with E-state index in [1.165, 1.54) is 12.1 Å². The zero-order valence-corrected chi connectivity index (χ0v) is 15.0. The summed E-state index contributed by atoms with van der Waals surface area (Å²) in [6, 6.07) is 13.4. The Hall–Kier alpha value is -2.34. The Kier molecular flexibility index (Phi) is 4.99. The molecule has 2 aromatic carbocycles. The van der Waals surface area contributed by atoms with Crippen LogP contribution in [0.1, 0.15) is 26.3 Å². The molecule has 2 aromatic rings. The number of nitrogens with one attached hydrogen (secondary N) is 1. The molecule has 0 fully saturated rings. The van der Waals surface area contributed by atoms with Gasteiger partial charge in [-0.15, -0.1) is 0 Å². The van der Waals surface area contributed by atoms with E-state index in [-0.39, 0.29) is 4.90 Å². The van der Waals surface area contributed by atoms with Gasteiger partial charge < -0.3 is 4.74 Å². The Labute approximate surface area is 142 Å². The van der Waals surface area contributed by atoms with Gasteiger partial charge in [-0.05, 0) is 43.3 Å². The SMILES string of the molecule is Cc1ccc(Oc2ccc(S(=O)(=O)NC(=O)C(C)(C)C)cc2)cc1. The molecule has 0 atom stereocenters. The molecule has 1 N–H and O–H groups in total. The first kappa shape index (κ1) is 18.0. The highest BCUT2D eigenvalue weighted by Gasteiger charge is 2.26. The molecule has 2 rings (SSSR count). The van der Waals surface area contributed by atoms with Gasteiger partial charge in [0.25, 0.3) is 10.0 Å². The van der Waals surface area contributed by atoms with Crippen molar-refractivity contribution in [3.63, 3.8) is 0 Å². The van der Waals surface area contributed by atoms with Crippen molar-refractivity contribution in [2.24, 2.45) is 5.41 Å². The van der Waals surface area contributed by atoms with Gasteiger partial charge in [0, 0.05) is 5.41 Å². The molecule has 24 heavy (non-hydrogen) atoms. The average molecular weight is 347 g/mol. The Morgan fingerprint density at radius 1 is 0.917 bits per heavy atom. The fourth-order valence-electron chi connectivity index (χ4n) is 1.76. The van der Waals surface area contributed by atoms with E-state index in [0.29, 0.717) is 11.5 Å². The highest BCUT2D eigenvalue weighted by Crippen LogP contribution is 2.23. The van der Waals surface area contributed by atoms with E-state index in [0.717, 1.165) is 5.56 Å². The van der Waals surface area contributed by atoms with E-state index in [1.54, 1.807) is 32.9 Å². The van der Waals surface area contributed by atoms with Crippen molar-refractivity contribution in [1.29, 1.82) is 0 Å². The molecular formula is C18H21NO4S. The van der Waals surface area contributed by atoms with Gasteiger partial charge in [0.2, 0.25) is 5.91 Å². The van der Waals surface area contributed by atoms with Gasteiger partial charge in [0.05, 0.1) is 4.90 Å². The highest BCUT2D eigenvalue weighted by molar-refractivity contribution is 7.90. The molecule has 128 valence electrons. The minimum atomic E-state index is -3.89. The second-order valence-corrected chi connectivity index (χ2v) is 8.25. The molecule has 0 aliphatic heterocycles. The van der Waals surface area contributed by atoms with Crippen molar-refractivity contribution in [3.05, 3.63) is 54.1 Å². The summed E-state index contributed by atoms with van der Waals surface area (Å²) < 4.78 is 32.2. The Morgan fingerprint density at radius 2 is 1.38 bits per heavy atom. The predicted octanol–water partition coefficient (Wildman–Crippen LogP) is 3.64. The van der Waals surface area contributed by atoms with Crippen LogP contribution in [0.5, 0.6) is 11.5 Å². The van der Waals surface area contributed by atoms with Gasteiger partial charge in [-0.25, -0.2) is 13.1 Å². The fourth-order valence-corrected chi connectivity index (χ4v) is 2.93. The molecule has 0 aliphatic rings. The number of hydrogen-bond donors (Lipinski definition) is 1. The molecule has 0 unspecified atom stereocenters. The van der Waals surface area contributed by atoms with E-state index in [4.69, 9.17) is 4.74 Å². The number of benzene rings is 2. The lowest BCUT2D eigenvalue weighted by molar-refractivity contribution is -0.126. The molecule has 0 saturated heterocycles. The summed E-state index contributed by atoms with van der Waals surface area (Å²) in [5, 5.41) is 0. The number of amides is 1. The zero-order valence-electron chi connectivity index (χ0n) is 14.2. The molecular weight excluding hydrogens is 326 g/mol. The van der Waals surface area contributed by atoms with Crippen molar-refractivity contribution in [2.75, 3.05) is 0 Å². The summed E-state index contributed by atoms with van der Waals surface area (Å²) in [7, 11) is -3.89. The normalized spacial score (nSPS) is 11.8. The van der Waals surface area contributed by atoms with Gasteiger partial charge in [0.1, 0.15) is 11.5 Å². The van der Waals surface area contributed by atoms with Crippen LogP contribution in [0.25, 0.3) is 0 Å². The van der Waals surface area contributed by atoms with Crippen LogP contribution in [0.2, 0.25) is 0 Å². The average Bonchev–Trinajstić information content (AvgIpc) is 2.49. The van der Waals surface area contributed by atoms with Crippen LogP contribution in [0.15, 0.2) is 53.4 Å². The second-order valence-electron chi connectivity index (χ2n) is 6.57. The molecule has 5 nitrogen and oxygen atoms in total. The van der Waals surface area contributed by atoms with Crippen LogP contribution in [-0.2, 0) is 14.8 Å². The van der Waals surface area contributed by atoms with Crippen molar-refractivity contribution in [3.8, 4) is 11.5 Å². The number of carbonyl (C=O) groups excluding carboxylic acids is 1. The van der Waals surface area contributed by atoms with Crippen molar-refractivity contribution in [2.45, 2.75) is 32.6 Å². The topological polar surface area (TPSA) is 72.5 Å². The number of sulfonamides is 1. The number of aryl methyl sites for hydroxylation is 1. The van der Waals surface area contributed by atoms with E-state index >= 15 is 0 Å². The molecule has 0 radical (unpaired) electrons. The lowest BCUT2D eigenvalue weighted by Gasteiger charge is -2.17. The van der Waals surface area contributed by atoms with Gasteiger partial charge in [-0.1, -0.05) is 38.5 Å². The standard InChI is InChI=1S/C18H21NO4S/c1-13-5-7-14(8-6-13)23-15-9-11-16(12-10-15)24(21,22)19-17(20)18(2,3)4/h5-12H,1-4H3,(H,19,20). The lowest BCUT2D eigenvalue weighted by atomic mass is 9.96. The van der Waals surface area contributed by atoms with Crippen LogP contribution in [0.3, 0.4) is 0 Å². The first-order chi connectivity index (χ1) is 11.1. The van der Waals surface area contributed by atoms with Crippen molar-refractivity contribution >= 4 is 15.9 Å². The fraction of sp³-hybridized carbons (Fsp3) is 0.278. The smallest absolute Gasteiger partial charge is 0.264 e. The van der Waals surface area contributed by atoms with Gasteiger partial charge in [0.15, 0.2) is 0 Å². The number of hydrogen-bond acceptors (Lipinski definition) is 4. The highest BCUT2D eigenvalue weighted by atomic mass is 32.2. The molecule has 1 amide bonds. The van der Waals surface area contributed by atoms with E-state index in [1.807, 2.05) is 31.2 Å². The number of ether oxygens (including phenoxy) is 1. The third-order valence-electron chi connectivity index (χ3n) is 3.30. The molecule has 0 spiro atoms. The number of carbonyl (C=O) groups is 1. The van der Waals surface area contributed by atoms with Crippen LogP contribution < -0.4 is 9.46 Å². The maximum atomic E-state index is 12.2. The third-order valence-corrected chi connectivity index (χ3v) is 4.65. The van der Waals surface area contributed by atoms with Crippen molar-refractivity contribution < 1.29 is 17.9 Å². The summed E-state index contributed by atoms with van der Waals surface area (Å²) in [5.74, 6) is 0.625. The Balaban J connectivity index is 2.13. The van der Waals surface area contributed by atoms with Gasteiger partial charge in [-0.2, -0.15) is 0 Å². The largest absolute Gasteiger partial charge is 0.457 e. The molecule has 0 heterocycles. The van der Waals surface area contributed by atoms with Gasteiger partial charge in [-0.3, -0.25) is 4.79 Å². The number of rotatable bonds is 4. The third kappa shape index (κ3) is 4.58. The summed E-state index contributed by atoms with van der Waals surface area (Å²) in [6.07, 6.45) is 0. The van der Waals surface area contributed by atoms with Crippen LogP contribution in [-0.4, -0.2) is 14.3 Å². The first-order valence-electron chi connectivity index (χ1n) is 7.50. The first-order valence-corrected chi connectivity index (χ1v) is 8.98.